The van der Waals surface area contributed by atoms with Gasteiger partial charge in [0, 0.05) is 24.4 Å². The lowest BCUT2D eigenvalue weighted by Gasteiger charge is -2.32. The van der Waals surface area contributed by atoms with Gasteiger partial charge >= 0.3 is 13.1 Å². The van der Waals surface area contributed by atoms with Gasteiger partial charge in [0.25, 0.3) is 0 Å². The maximum atomic E-state index is 11.8. The summed E-state index contributed by atoms with van der Waals surface area (Å²) in [7, 11) is 1.07. The van der Waals surface area contributed by atoms with E-state index >= 15 is 0 Å². The molecule has 7 heteroatoms. The van der Waals surface area contributed by atoms with E-state index in [2.05, 4.69) is 55.6 Å². The van der Waals surface area contributed by atoms with Crippen LogP contribution in [-0.4, -0.2) is 41.0 Å². The largest absolute Gasteiger partial charge is 0.496 e. The van der Waals surface area contributed by atoms with Crippen LogP contribution in [-0.2, 0) is 25.4 Å². The monoisotopic (exact) mass is 398 g/mol. The maximum absolute atomic E-state index is 11.8. The Hall–Kier alpha value is -1.86. The number of nitrogens with zero attached hydrogens (tertiary/aromatic N) is 2. The van der Waals surface area contributed by atoms with Crippen molar-refractivity contribution in [2.75, 3.05) is 7.11 Å². The summed E-state index contributed by atoms with van der Waals surface area (Å²) in [5, 5.41) is 0. The fourth-order valence-corrected chi connectivity index (χ4v) is 4.37. The molecule has 0 unspecified atom stereocenters. The summed E-state index contributed by atoms with van der Waals surface area (Å²) in [4.78, 5) is 16.4. The van der Waals surface area contributed by atoms with E-state index < -0.39 is 7.12 Å². The summed E-state index contributed by atoms with van der Waals surface area (Å²) < 4.78 is 19.6. The van der Waals surface area contributed by atoms with E-state index in [-0.39, 0.29) is 23.1 Å². The molecule has 6 nitrogen and oxygen atoms in total. The molecule has 3 heterocycles. The molecule has 0 N–H and O–H groups in total. The van der Waals surface area contributed by atoms with E-state index in [9.17, 15) is 4.79 Å². The van der Waals surface area contributed by atoms with Crippen LogP contribution in [0.1, 0.15) is 53.4 Å². The zero-order chi connectivity index (χ0) is 20.8. The normalized spacial score (nSPS) is 26.0. The van der Waals surface area contributed by atoms with Crippen LogP contribution in [0.2, 0.25) is 0 Å². The van der Waals surface area contributed by atoms with Crippen LogP contribution in [0, 0.1) is 11.8 Å². The Kier molecular flexibility index (Phi) is 5.24. The van der Waals surface area contributed by atoms with Crippen molar-refractivity contribution in [3.8, 4) is 0 Å². The number of aromatic nitrogens is 2. The number of hydrogen-bond donors (Lipinski definition) is 0. The number of rotatable bonds is 4. The summed E-state index contributed by atoms with van der Waals surface area (Å²) in [5.74, 6) is 0.562. The first-order valence-corrected chi connectivity index (χ1v) is 10.6. The van der Waals surface area contributed by atoms with Crippen LogP contribution in [0.5, 0.6) is 0 Å². The van der Waals surface area contributed by atoms with Crippen LogP contribution < -0.4 is 5.46 Å². The first kappa shape index (κ1) is 20.4. The molecule has 1 saturated carbocycles. The van der Waals surface area contributed by atoms with Crippen molar-refractivity contribution >= 4 is 29.6 Å². The third kappa shape index (κ3) is 3.82. The highest BCUT2D eigenvalue weighted by molar-refractivity contribution is 6.62. The number of esters is 1. The molecule has 0 aromatic carbocycles. The van der Waals surface area contributed by atoms with Gasteiger partial charge in [0.05, 0.1) is 35.3 Å². The number of methoxy groups -OCH3 is 1. The highest BCUT2D eigenvalue weighted by Crippen LogP contribution is 2.36. The van der Waals surface area contributed by atoms with Gasteiger partial charge in [0.2, 0.25) is 0 Å². The molecule has 0 radical (unpaired) electrons. The number of hydrogen-bond acceptors (Lipinski definition) is 5. The molecule has 4 rings (SSSR count). The predicted octanol–water partition coefficient (Wildman–Crippen LogP) is 3.31. The minimum atomic E-state index is -0.407. The SMILES string of the molecule is COC(=O)C1CCC(Cn2ccc3ncc(B4OC(C)(C)C(C)(C)O4)cc32)CC1. The number of carbonyl (C=O) groups excluding carboxylic acids is 1. The lowest BCUT2D eigenvalue weighted by molar-refractivity contribution is -0.146. The molecular formula is C22H31BN2O4. The molecule has 2 fully saturated rings. The third-order valence-electron chi connectivity index (χ3n) is 7.00. The molecule has 0 amide bonds. The topological polar surface area (TPSA) is 62.6 Å². The second kappa shape index (κ2) is 7.44. The predicted molar refractivity (Wildman–Crippen MR) is 113 cm³/mol. The van der Waals surface area contributed by atoms with Crippen molar-refractivity contribution in [2.24, 2.45) is 11.8 Å². The molecule has 0 spiro atoms. The fraction of sp³-hybridized carbons (Fsp3) is 0.636. The molecule has 1 saturated heterocycles. The molecular weight excluding hydrogens is 367 g/mol. The van der Waals surface area contributed by atoms with Crippen LogP contribution in [0.4, 0.5) is 0 Å². The van der Waals surface area contributed by atoms with Crippen molar-refractivity contribution in [2.45, 2.75) is 71.1 Å². The van der Waals surface area contributed by atoms with Crippen LogP contribution in [0.3, 0.4) is 0 Å². The smallest absolute Gasteiger partial charge is 0.469 e. The Bertz CT molecular complexity index is 883. The fourth-order valence-electron chi connectivity index (χ4n) is 4.37. The van der Waals surface area contributed by atoms with Gasteiger partial charge in [-0.25, -0.2) is 0 Å². The van der Waals surface area contributed by atoms with E-state index in [4.69, 9.17) is 14.0 Å². The molecule has 0 bridgehead atoms. The zero-order valence-corrected chi connectivity index (χ0v) is 18.1. The van der Waals surface area contributed by atoms with Crippen LogP contribution in [0.25, 0.3) is 11.0 Å². The second-order valence-electron chi connectivity index (χ2n) is 9.47. The summed E-state index contributed by atoms with van der Waals surface area (Å²) >= 11 is 0. The molecule has 156 valence electrons. The lowest BCUT2D eigenvalue weighted by Crippen LogP contribution is -2.41. The van der Waals surface area contributed by atoms with E-state index in [1.165, 1.54) is 7.11 Å². The lowest BCUT2D eigenvalue weighted by atomic mass is 9.80. The Balaban J connectivity index is 1.49. The minimum Gasteiger partial charge on any atom is -0.469 e. The average Bonchev–Trinajstić information content (AvgIpc) is 3.18. The summed E-state index contributed by atoms with van der Waals surface area (Å²) in [5.41, 5.74) is 2.30. The average molecular weight is 398 g/mol. The summed E-state index contributed by atoms with van der Waals surface area (Å²) in [6, 6.07) is 4.20. The third-order valence-corrected chi connectivity index (χ3v) is 7.00. The van der Waals surface area contributed by atoms with E-state index in [0.29, 0.717) is 5.92 Å². The molecule has 2 aromatic rings. The van der Waals surface area contributed by atoms with Gasteiger partial charge in [-0.05, 0) is 71.4 Å². The van der Waals surface area contributed by atoms with Gasteiger partial charge < -0.3 is 18.6 Å². The van der Waals surface area contributed by atoms with Crippen molar-refractivity contribution < 1.29 is 18.8 Å². The molecule has 0 atom stereocenters. The van der Waals surface area contributed by atoms with Crippen molar-refractivity contribution in [1.29, 1.82) is 0 Å². The zero-order valence-electron chi connectivity index (χ0n) is 18.1. The van der Waals surface area contributed by atoms with Gasteiger partial charge in [-0.3, -0.25) is 9.78 Å². The van der Waals surface area contributed by atoms with Crippen LogP contribution >= 0.6 is 0 Å². The maximum Gasteiger partial charge on any atom is 0.496 e. The second-order valence-corrected chi connectivity index (χ2v) is 9.47. The molecule has 1 aliphatic heterocycles. The standard InChI is InChI=1S/C22H31BN2O4/c1-21(2)22(3,4)29-23(28-21)17-12-19-18(24-13-17)10-11-25(19)14-15-6-8-16(9-7-15)20(26)27-5/h10-13,15-16H,6-9,14H2,1-5H3. The number of pyridine rings is 1. The molecule has 2 aliphatic rings. The number of fused-ring (bicyclic) bond motifs is 1. The minimum absolute atomic E-state index is 0.0638. The summed E-state index contributed by atoms with van der Waals surface area (Å²) in [6.45, 7) is 9.18. The number of ether oxygens (including phenoxy) is 1. The number of carbonyl (C=O) groups is 1. The van der Waals surface area contributed by atoms with Crippen molar-refractivity contribution in [3.63, 3.8) is 0 Å². The Morgan fingerprint density at radius 1 is 1.21 bits per heavy atom. The molecule has 29 heavy (non-hydrogen) atoms. The Labute approximate surface area is 173 Å². The van der Waals surface area contributed by atoms with Gasteiger partial charge in [0.1, 0.15) is 0 Å². The first-order valence-electron chi connectivity index (χ1n) is 10.6. The summed E-state index contributed by atoms with van der Waals surface area (Å²) in [6.07, 6.45) is 7.88. The quantitative estimate of drug-likeness (QED) is 0.584. The van der Waals surface area contributed by atoms with Gasteiger partial charge in [-0.1, -0.05) is 0 Å². The van der Waals surface area contributed by atoms with E-state index in [1.54, 1.807) is 0 Å². The van der Waals surface area contributed by atoms with Crippen molar-refractivity contribution in [3.05, 3.63) is 24.5 Å². The van der Waals surface area contributed by atoms with Crippen molar-refractivity contribution in [1.82, 2.24) is 9.55 Å². The van der Waals surface area contributed by atoms with Gasteiger partial charge in [-0.15, -0.1) is 0 Å². The Morgan fingerprint density at radius 3 is 2.48 bits per heavy atom. The Morgan fingerprint density at radius 2 is 1.86 bits per heavy atom. The van der Waals surface area contributed by atoms with Gasteiger partial charge in [-0.2, -0.15) is 0 Å². The first-order chi connectivity index (χ1) is 13.7. The van der Waals surface area contributed by atoms with Crippen LogP contribution in [0.15, 0.2) is 24.5 Å². The highest BCUT2D eigenvalue weighted by atomic mass is 16.7. The van der Waals surface area contributed by atoms with E-state index in [0.717, 1.165) is 48.7 Å². The highest BCUT2D eigenvalue weighted by Gasteiger charge is 2.51. The van der Waals surface area contributed by atoms with E-state index in [1.807, 2.05) is 6.20 Å². The van der Waals surface area contributed by atoms with Gasteiger partial charge in [0.15, 0.2) is 0 Å². The molecule has 1 aliphatic carbocycles. The molecule has 2 aromatic heterocycles.